The van der Waals surface area contributed by atoms with E-state index in [1.165, 1.54) is 29.8 Å². The quantitative estimate of drug-likeness (QED) is 0.698. The molecule has 29 heavy (non-hydrogen) atoms. The molecule has 2 aromatic rings. The molecule has 0 saturated carbocycles. The number of benzene rings is 1. The maximum Gasteiger partial charge on any atom is 0.238 e. The average Bonchev–Trinajstić information content (AvgIpc) is 3.43. The van der Waals surface area contributed by atoms with Crippen LogP contribution < -0.4 is 10.2 Å². The van der Waals surface area contributed by atoms with Crippen molar-refractivity contribution in [1.29, 1.82) is 0 Å². The zero-order chi connectivity index (χ0) is 19.9. The molecule has 0 radical (unpaired) electrons. The van der Waals surface area contributed by atoms with E-state index in [4.69, 9.17) is 4.74 Å². The summed E-state index contributed by atoms with van der Waals surface area (Å²) in [6.07, 6.45) is 6.31. The predicted octanol–water partition coefficient (Wildman–Crippen LogP) is 4.36. The van der Waals surface area contributed by atoms with Crippen LogP contribution in [-0.2, 0) is 16.1 Å². The van der Waals surface area contributed by atoms with E-state index in [1.54, 1.807) is 11.3 Å². The lowest BCUT2D eigenvalue weighted by Gasteiger charge is -2.29. The minimum absolute atomic E-state index is 0.0327. The Morgan fingerprint density at radius 3 is 2.66 bits per heavy atom. The van der Waals surface area contributed by atoms with Gasteiger partial charge >= 0.3 is 0 Å². The maximum atomic E-state index is 12.7. The zero-order valence-electron chi connectivity index (χ0n) is 17.0. The topological polar surface area (TPSA) is 44.8 Å². The van der Waals surface area contributed by atoms with Gasteiger partial charge in [0, 0.05) is 49.0 Å². The van der Waals surface area contributed by atoms with E-state index in [9.17, 15) is 4.79 Å². The Morgan fingerprint density at radius 1 is 1.14 bits per heavy atom. The predicted molar refractivity (Wildman–Crippen MR) is 120 cm³/mol. The summed E-state index contributed by atoms with van der Waals surface area (Å²) in [5.74, 6) is 0.0327. The van der Waals surface area contributed by atoms with Crippen molar-refractivity contribution in [2.45, 2.75) is 44.8 Å². The molecule has 2 aliphatic heterocycles. The summed E-state index contributed by atoms with van der Waals surface area (Å²) in [5.41, 5.74) is 2.12. The fourth-order valence-electron chi connectivity index (χ4n) is 4.20. The van der Waals surface area contributed by atoms with Crippen LogP contribution in [0.4, 0.5) is 11.4 Å². The molecule has 1 aromatic carbocycles. The van der Waals surface area contributed by atoms with Crippen molar-refractivity contribution in [2.24, 2.45) is 0 Å². The number of nitrogens with zero attached hydrogens (tertiary/aromatic N) is 2. The molecule has 1 aromatic heterocycles. The molecule has 1 atom stereocenters. The highest BCUT2D eigenvalue weighted by Crippen LogP contribution is 2.22. The van der Waals surface area contributed by atoms with Crippen LogP contribution in [0.15, 0.2) is 41.8 Å². The number of carbonyl (C=O) groups is 1. The van der Waals surface area contributed by atoms with Gasteiger partial charge in [0.15, 0.2) is 0 Å². The Hall–Kier alpha value is -1.89. The largest absolute Gasteiger partial charge is 0.377 e. The van der Waals surface area contributed by atoms with E-state index in [0.717, 1.165) is 51.3 Å². The van der Waals surface area contributed by atoms with E-state index < -0.39 is 0 Å². The molecule has 3 heterocycles. The highest BCUT2D eigenvalue weighted by molar-refractivity contribution is 7.09. The van der Waals surface area contributed by atoms with Crippen molar-refractivity contribution < 1.29 is 9.53 Å². The number of piperidine rings is 1. The van der Waals surface area contributed by atoms with Crippen LogP contribution in [0.5, 0.6) is 0 Å². The van der Waals surface area contributed by atoms with Crippen molar-refractivity contribution in [2.75, 3.05) is 43.0 Å². The van der Waals surface area contributed by atoms with Crippen molar-refractivity contribution in [3.8, 4) is 0 Å². The van der Waals surface area contributed by atoms with Gasteiger partial charge in [0.1, 0.15) is 0 Å². The summed E-state index contributed by atoms with van der Waals surface area (Å²) in [6.45, 7) is 5.08. The molecule has 5 nitrogen and oxygen atoms in total. The molecule has 156 valence electrons. The Morgan fingerprint density at radius 2 is 1.97 bits per heavy atom. The third kappa shape index (κ3) is 6.04. The van der Waals surface area contributed by atoms with E-state index >= 15 is 0 Å². The first kappa shape index (κ1) is 20.4. The SMILES string of the molecule is O=C(CN(Cc1cccs1)C[C@H]1CCCO1)Nc1ccc(N2CCCCC2)cc1. The molecular formula is C23H31N3O2S. The standard InChI is InChI=1S/C23H31N3O2S/c27-23(24-19-8-10-20(11-9-19)26-12-2-1-3-13-26)18-25(16-21-6-4-14-28-21)17-22-7-5-15-29-22/h5,7-11,15,21H,1-4,6,12-14,16-18H2,(H,24,27)/t21-/m1/s1. The van der Waals surface area contributed by atoms with Gasteiger partial charge in [-0.1, -0.05) is 6.07 Å². The first-order valence-electron chi connectivity index (χ1n) is 10.8. The number of nitrogens with one attached hydrogen (secondary N) is 1. The number of amides is 1. The third-order valence-corrected chi connectivity index (χ3v) is 6.55. The second-order valence-corrected chi connectivity index (χ2v) is 9.06. The lowest BCUT2D eigenvalue weighted by molar-refractivity contribution is -0.117. The number of hydrogen-bond acceptors (Lipinski definition) is 5. The lowest BCUT2D eigenvalue weighted by Crippen LogP contribution is -2.37. The molecule has 1 amide bonds. The molecule has 6 heteroatoms. The van der Waals surface area contributed by atoms with Crippen LogP contribution in [0.3, 0.4) is 0 Å². The number of ether oxygens (including phenoxy) is 1. The summed E-state index contributed by atoms with van der Waals surface area (Å²) in [7, 11) is 0. The van der Waals surface area contributed by atoms with Gasteiger partial charge < -0.3 is 15.0 Å². The number of thiophene rings is 1. The average molecular weight is 414 g/mol. The van der Waals surface area contributed by atoms with E-state index in [0.29, 0.717) is 6.54 Å². The Kier molecular flexibility index (Phi) is 7.19. The number of anilines is 2. The zero-order valence-corrected chi connectivity index (χ0v) is 17.8. The van der Waals surface area contributed by atoms with E-state index in [2.05, 4.69) is 44.8 Å². The van der Waals surface area contributed by atoms with Crippen molar-refractivity contribution in [3.63, 3.8) is 0 Å². The van der Waals surface area contributed by atoms with Crippen molar-refractivity contribution >= 4 is 28.6 Å². The smallest absolute Gasteiger partial charge is 0.238 e. The highest BCUT2D eigenvalue weighted by Gasteiger charge is 2.21. The first-order valence-corrected chi connectivity index (χ1v) is 11.7. The molecule has 1 N–H and O–H groups in total. The number of rotatable bonds is 8. The molecule has 4 rings (SSSR count). The van der Waals surface area contributed by atoms with Gasteiger partial charge in [-0.25, -0.2) is 0 Å². The Labute approximate surface area is 177 Å². The monoisotopic (exact) mass is 413 g/mol. The molecule has 2 saturated heterocycles. The number of hydrogen-bond donors (Lipinski definition) is 1. The van der Waals surface area contributed by atoms with Gasteiger partial charge in [0.2, 0.25) is 5.91 Å². The second kappa shape index (κ2) is 10.2. The van der Waals surface area contributed by atoms with Gasteiger partial charge in [-0.15, -0.1) is 11.3 Å². The first-order chi connectivity index (χ1) is 14.3. The van der Waals surface area contributed by atoms with Crippen molar-refractivity contribution in [1.82, 2.24) is 4.90 Å². The van der Waals surface area contributed by atoms with Crippen LogP contribution in [0, 0.1) is 0 Å². The van der Waals surface area contributed by atoms with Crippen molar-refractivity contribution in [3.05, 3.63) is 46.7 Å². The summed E-state index contributed by atoms with van der Waals surface area (Å²) < 4.78 is 5.80. The summed E-state index contributed by atoms with van der Waals surface area (Å²) in [5, 5.41) is 5.16. The summed E-state index contributed by atoms with van der Waals surface area (Å²) in [6, 6.07) is 12.5. The van der Waals surface area contributed by atoms with E-state index in [-0.39, 0.29) is 12.0 Å². The molecule has 0 bridgehead atoms. The Balaban J connectivity index is 1.32. The summed E-state index contributed by atoms with van der Waals surface area (Å²) in [4.78, 5) is 18.6. The molecule has 2 aliphatic rings. The van der Waals surface area contributed by atoms with Crippen LogP contribution in [0.25, 0.3) is 0 Å². The fourth-order valence-corrected chi connectivity index (χ4v) is 4.94. The fraction of sp³-hybridized carbons (Fsp3) is 0.522. The minimum Gasteiger partial charge on any atom is -0.377 e. The molecular weight excluding hydrogens is 382 g/mol. The normalized spacial score (nSPS) is 19.6. The van der Waals surface area contributed by atoms with Crippen LogP contribution in [0.1, 0.15) is 37.0 Å². The second-order valence-electron chi connectivity index (χ2n) is 8.03. The van der Waals surface area contributed by atoms with Gasteiger partial charge in [-0.05, 0) is 67.8 Å². The minimum atomic E-state index is 0.0327. The summed E-state index contributed by atoms with van der Waals surface area (Å²) >= 11 is 1.74. The maximum absolute atomic E-state index is 12.7. The molecule has 0 spiro atoms. The molecule has 2 fully saturated rings. The van der Waals surface area contributed by atoms with Crippen LogP contribution >= 0.6 is 11.3 Å². The lowest BCUT2D eigenvalue weighted by atomic mass is 10.1. The van der Waals surface area contributed by atoms with Crippen LogP contribution in [0.2, 0.25) is 0 Å². The third-order valence-electron chi connectivity index (χ3n) is 5.68. The van der Waals surface area contributed by atoms with Gasteiger partial charge in [0.05, 0.1) is 12.6 Å². The Bertz CT molecular complexity index is 751. The van der Waals surface area contributed by atoms with Gasteiger partial charge in [0.25, 0.3) is 0 Å². The van der Waals surface area contributed by atoms with Gasteiger partial charge in [-0.3, -0.25) is 9.69 Å². The van der Waals surface area contributed by atoms with Gasteiger partial charge in [-0.2, -0.15) is 0 Å². The highest BCUT2D eigenvalue weighted by atomic mass is 32.1. The molecule has 0 unspecified atom stereocenters. The van der Waals surface area contributed by atoms with E-state index in [1.807, 2.05) is 12.1 Å². The molecule has 0 aliphatic carbocycles. The van der Waals surface area contributed by atoms with Crippen LogP contribution in [-0.4, -0.2) is 49.7 Å². The number of carbonyl (C=O) groups excluding carboxylic acids is 1.